The van der Waals surface area contributed by atoms with Crippen molar-refractivity contribution in [2.45, 2.75) is 25.2 Å². The van der Waals surface area contributed by atoms with Gasteiger partial charge in [-0.15, -0.1) is 0 Å². The van der Waals surface area contributed by atoms with Crippen LogP contribution in [0.15, 0.2) is 18.2 Å². The zero-order chi connectivity index (χ0) is 12.5. The fraction of sp³-hybridized carbons (Fsp3) is 0.429. The molecule has 1 amide bonds. The van der Waals surface area contributed by atoms with E-state index in [4.69, 9.17) is 0 Å². The molecule has 1 unspecified atom stereocenters. The molecule has 0 bridgehead atoms. The van der Waals surface area contributed by atoms with Crippen LogP contribution >= 0.6 is 0 Å². The number of hydrogen-bond acceptors (Lipinski definition) is 3. The van der Waals surface area contributed by atoms with Crippen molar-refractivity contribution in [3.63, 3.8) is 0 Å². The molecule has 4 nitrogen and oxygen atoms in total. The SMILES string of the molecule is O=CCN1CC2CCCC(=O)Nc3cccc1c32. The zero-order valence-electron chi connectivity index (χ0n) is 10.2. The van der Waals surface area contributed by atoms with Crippen LogP contribution in [0.4, 0.5) is 11.4 Å². The van der Waals surface area contributed by atoms with Gasteiger partial charge in [0.2, 0.25) is 5.91 Å². The van der Waals surface area contributed by atoms with Crippen LogP contribution in [0, 0.1) is 0 Å². The molecule has 18 heavy (non-hydrogen) atoms. The van der Waals surface area contributed by atoms with Gasteiger partial charge in [-0.1, -0.05) is 6.07 Å². The highest BCUT2D eigenvalue weighted by Gasteiger charge is 2.31. The first-order chi connectivity index (χ1) is 8.79. The van der Waals surface area contributed by atoms with Crippen molar-refractivity contribution >= 4 is 23.6 Å². The van der Waals surface area contributed by atoms with Gasteiger partial charge in [0.05, 0.1) is 6.54 Å². The van der Waals surface area contributed by atoms with Crippen molar-refractivity contribution in [3.8, 4) is 0 Å². The molecule has 0 aromatic heterocycles. The van der Waals surface area contributed by atoms with E-state index in [2.05, 4.69) is 10.2 Å². The Morgan fingerprint density at radius 2 is 2.33 bits per heavy atom. The number of carbonyl (C=O) groups excluding carboxylic acids is 2. The summed E-state index contributed by atoms with van der Waals surface area (Å²) in [4.78, 5) is 24.5. The number of aldehydes is 1. The predicted octanol–water partition coefficient (Wildman–Crippen LogP) is 1.91. The van der Waals surface area contributed by atoms with E-state index in [1.54, 1.807) is 0 Å². The fourth-order valence-electron chi connectivity index (χ4n) is 3.04. The number of carbonyl (C=O) groups is 2. The molecule has 0 spiro atoms. The average Bonchev–Trinajstić information content (AvgIpc) is 2.68. The molecule has 1 aromatic rings. The standard InChI is InChI=1S/C14H16N2O2/c17-8-7-16-9-10-3-1-6-13(18)15-11-4-2-5-12(16)14(10)11/h2,4-5,8,10H,1,3,6-7,9H2,(H,15,18). The van der Waals surface area contributed by atoms with Gasteiger partial charge in [0.1, 0.15) is 6.29 Å². The second kappa shape index (κ2) is 4.44. The van der Waals surface area contributed by atoms with E-state index in [0.29, 0.717) is 18.9 Å². The molecule has 3 rings (SSSR count). The Balaban J connectivity index is 2.05. The normalized spacial score (nSPS) is 21.9. The van der Waals surface area contributed by atoms with Crippen LogP contribution in [0.5, 0.6) is 0 Å². The maximum Gasteiger partial charge on any atom is 0.224 e. The van der Waals surface area contributed by atoms with Crippen LogP contribution in [0.3, 0.4) is 0 Å². The number of anilines is 2. The number of nitrogens with zero attached hydrogens (tertiary/aromatic N) is 1. The van der Waals surface area contributed by atoms with E-state index >= 15 is 0 Å². The third kappa shape index (κ3) is 1.78. The minimum absolute atomic E-state index is 0.0932. The number of benzene rings is 1. The van der Waals surface area contributed by atoms with Gasteiger partial charge < -0.3 is 15.0 Å². The lowest BCUT2D eigenvalue weighted by atomic mass is 9.92. The Hall–Kier alpha value is -1.84. The molecule has 1 aromatic carbocycles. The molecule has 4 heteroatoms. The van der Waals surface area contributed by atoms with Crippen LogP contribution in [0.2, 0.25) is 0 Å². The molecular formula is C14H16N2O2. The minimum atomic E-state index is 0.0932. The minimum Gasteiger partial charge on any atom is -0.364 e. The Morgan fingerprint density at radius 3 is 3.17 bits per heavy atom. The summed E-state index contributed by atoms with van der Waals surface area (Å²) >= 11 is 0. The monoisotopic (exact) mass is 244 g/mol. The quantitative estimate of drug-likeness (QED) is 0.808. The Bertz CT molecular complexity index is 499. The van der Waals surface area contributed by atoms with Gasteiger partial charge in [0.15, 0.2) is 0 Å². The molecule has 2 heterocycles. The predicted molar refractivity (Wildman–Crippen MR) is 69.9 cm³/mol. The molecule has 1 atom stereocenters. The van der Waals surface area contributed by atoms with Crippen LogP contribution in [-0.4, -0.2) is 25.3 Å². The van der Waals surface area contributed by atoms with Crippen LogP contribution < -0.4 is 10.2 Å². The van der Waals surface area contributed by atoms with E-state index in [1.165, 1.54) is 5.56 Å². The lowest BCUT2D eigenvalue weighted by Gasteiger charge is -2.18. The molecule has 1 N–H and O–H groups in total. The maximum atomic E-state index is 11.7. The van der Waals surface area contributed by atoms with Gasteiger partial charge in [-0.05, 0) is 25.0 Å². The van der Waals surface area contributed by atoms with E-state index < -0.39 is 0 Å². The molecule has 0 fully saturated rings. The van der Waals surface area contributed by atoms with E-state index in [-0.39, 0.29) is 5.91 Å². The third-order valence-corrected chi connectivity index (χ3v) is 3.80. The van der Waals surface area contributed by atoms with Crippen LogP contribution in [0.1, 0.15) is 30.7 Å². The van der Waals surface area contributed by atoms with Gasteiger partial charge in [0.25, 0.3) is 0 Å². The third-order valence-electron chi connectivity index (χ3n) is 3.80. The molecular weight excluding hydrogens is 228 g/mol. The molecule has 94 valence electrons. The first kappa shape index (κ1) is 11.3. The van der Waals surface area contributed by atoms with Crippen molar-refractivity contribution < 1.29 is 9.59 Å². The van der Waals surface area contributed by atoms with Crippen molar-refractivity contribution in [3.05, 3.63) is 23.8 Å². The van der Waals surface area contributed by atoms with E-state index in [9.17, 15) is 9.59 Å². The Kier molecular flexibility index (Phi) is 2.78. The second-order valence-corrected chi connectivity index (χ2v) is 4.95. The van der Waals surface area contributed by atoms with Gasteiger partial charge in [-0.25, -0.2) is 0 Å². The molecule has 0 saturated heterocycles. The molecule has 0 aliphatic carbocycles. The van der Waals surface area contributed by atoms with Gasteiger partial charge in [0, 0.05) is 35.8 Å². The highest BCUT2D eigenvalue weighted by Crippen LogP contribution is 2.43. The summed E-state index contributed by atoms with van der Waals surface area (Å²) in [5.74, 6) is 0.535. The first-order valence-corrected chi connectivity index (χ1v) is 6.41. The largest absolute Gasteiger partial charge is 0.364 e. The average molecular weight is 244 g/mol. The van der Waals surface area contributed by atoms with Crippen molar-refractivity contribution in [1.82, 2.24) is 0 Å². The van der Waals surface area contributed by atoms with Crippen LogP contribution in [0.25, 0.3) is 0 Å². The second-order valence-electron chi connectivity index (χ2n) is 4.95. The summed E-state index contributed by atoms with van der Waals surface area (Å²) in [5, 5.41) is 2.98. The summed E-state index contributed by atoms with van der Waals surface area (Å²) in [7, 11) is 0. The summed E-state index contributed by atoms with van der Waals surface area (Å²) in [6, 6.07) is 5.94. The topological polar surface area (TPSA) is 49.4 Å². The maximum absolute atomic E-state index is 11.7. The molecule has 0 radical (unpaired) electrons. The summed E-state index contributed by atoms with van der Waals surface area (Å²) in [5.41, 5.74) is 3.25. The van der Waals surface area contributed by atoms with Crippen molar-refractivity contribution in [2.75, 3.05) is 23.3 Å². The number of nitrogens with one attached hydrogen (secondary N) is 1. The van der Waals surface area contributed by atoms with E-state index in [0.717, 1.165) is 37.0 Å². The lowest BCUT2D eigenvalue weighted by Crippen LogP contribution is -2.24. The molecule has 2 aliphatic heterocycles. The first-order valence-electron chi connectivity index (χ1n) is 6.41. The van der Waals surface area contributed by atoms with E-state index in [1.807, 2.05) is 18.2 Å². The molecule has 0 saturated carbocycles. The molecule has 2 aliphatic rings. The summed E-state index contributed by atoms with van der Waals surface area (Å²) in [6.45, 7) is 1.32. The fourth-order valence-corrected chi connectivity index (χ4v) is 3.04. The summed E-state index contributed by atoms with van der Waals surface area (Å²) in [6.07, 6.45) is 3.47. The van der Waals surface area contributed by atoms with Crippen molar-refractivity contribution in [1.29, 1.82) is 0 Å². The number of amides is 1. The van der Waals surface area contributed by atoms with Gasteiger partial charge in [-0.3, -0.25) is 4.79 Å². The van der Waals surface area contributed by atoms with Crippen molar-refractivity contribution in [2.24, 2.45) is 0 Å². The lowest BCUT2D eigenvalue weighted by molar-refractivity contribution is -0.116. The van der Waals surface area contributed by atoms with Gasteiger partial charge in [-0.2, -0.15) is 0 Å². The number of rotatable bonds is 2. The smallest absolute Gasteiger partial charge is 0.224 e. The van der Waals surface area contributed by atoms with Crippen LogP contribution in [-0.2, 0) is 9.59 Å². The number of hydrogen-bond donors (Lipinski definition) is 1. The highest BCUT2D eigenvalue weighted by molar-refractivity contribution is 5.93. The highest BCUT2D eigenvalue weighted by atomic mass is 16.1. The van der Waals surface area contributed by atoms with Gasteiger partial charge >= 0.3 is 0 Å². The Labute approximate surface area is 106 Å². The Morgan fingerprint density at radius 1 is 1.44 bits per heavy atom. The zero-order valence-corrected chi connectivity index (χ0v) is 10.2. The summed E-state index contributed by atoms with van der Waals surface area (Å²) < 4.78 is 0.